The normalized spacial score (nSPS) is 28.2. The molecule has 2 aliphatic rings. The van der Waals surface area contributed by atoms with Gasteiger partial charge in [-0.3, -0.25) is 9.59 Å². The van der Waals surface area contributed by atoms with Crippen LogP contribution in [0.5, 0.6) is 0 Å². The van der Waals surface area contributed by atoms with E-state index in [0.29, 0.717) is 6.42 Å². The van der Waals surface area contributed by atoms with Crippen molar-refractivity contribution in [2.24, 2.45) is 0 Å². The molecule has 1 saturated carbocycles. The first-order chi connectivity index (χ1) is 10.00. The number of nitrogens with one attached hydrogen (secondary N) is 1. The fourth-order valence-electron chi connectivity index (χ4n) is 3.74. The van der Waals surface area contributed by atoms with Gasteiger partial charge in [0.1, 0.15) is 11.1 Å². The van der Waals surface area contributed by atoms with Crippen LogP contribution < -0.4 is 5.32 Å². The molecule has 4 nitrogen and oxygen atoms in total. The van der Waals surface area contributed by atoms with Crippen LogP contribution in [0.25, 0.3) is 0 Å². The molecular formula is C17H30N2O2. The maximum absolute atomic E-state index is 13.0. The molecule has 2 amide bonds. The van der Waals surface area contributed by atoms with E-state index >= 15 is 0 Å². The van der Waals surface area contributed by atoms with Gasteiger partial charge in [0, 0.05) is 6.54 Å². The summed E-state index contributed by atoms with van der Waals surface area (Å²) >= 11 is 0. The molecule has 0 aromatic carbocycles. The van der Waals surface area contributed by atoms with Gasteiger partial charge in [-0.1, -0.05) is 46.0 Å². The molecule has 1 aliphatic heterocycles. The molecule has 120 valence electrons. The third kappa shape index (κ3) is 2.82. The smallest absolute Gasteiger partial charge is 0.248 e. The number of nitrogens with zero attached hydrogens (tertiary/aromatic N) is 1. The molecule has 0 aromatic rings. The highest BCUT2D eigenvalue weighted by atomic mass is 16.2. The summed E-state index contributed by atoms with van der Waals surface area (Å²) in [7, 11) is 0. The van der Waals surface area contributed by atoms with Crippen LogP contribution in [0.1, 0.15) is 78.6 Å². The molecule has 2 rings (SSSR count). The predicted molar refractivity (Wildman–Crippen MR) is 83.9 cm³/mol. The number of piperazine rings is 1. The van der Waals surface area contributed by atoms with Crippen LogP contribution in [0.3, 0.4) is 0 Å². The highest BCUT2D eigenvalue weighted by Gasteiger charge is 2.56. The monoisotopic (exact) mass is 294 g/mol. The minimum absolute atomic E-state index is 0.0828. The van der Waals surface area contributed by atoms with Gasteiger partial charge < -0.3 is 10.2 Å². The molecule has 1 unspecified atom stereocenters. The van der Waals surface area contributed by atoms with Crippen molar-refractivity contribution < 1.29 is 9.59 Å². The lowest BCUT2D eigenvalue weighted by atomic mass is 9.83. The van der Waals surface area contributed by atoms with Crippen LogP contribution in [-0.4, -0.2) is 34.3 Å². The molecule has 1 N–H and O–H groups in total. The van der Waals surface area contributed by atoms with Crippen molar-refractivity contribution in [3.8, 4) is 0 Å². The van der Waals surface area contributed by atoms with Crippen LogP contribution in [-0.2, 0) is 9.59 Å². The largest absolute Gasteiger partial charge is 0.340 e. The molecule has 2 fully saturated rings. The van der Waals surface area contributed by atoms with E-state index < -0.39 is 11.1 Å². The molecule has 21 heavy (non-hydrogen) atoms. The number of rotatable bonds is 6. The Kier molecular flexibility index (Phi) is 4.95. The van der Waals surface area contributed by atoms with E-state index in [0.717, 1.165) is 45.1 Å². The lowest BCUT2D eigenvalue weighted by Crippen LogP contribution is -2.74. The molecule has 1 spiro atoms. The topological polar surface area (TPSA) is 49.4 Å². The quantitative estimate of drug-likeness (QED) is 0.766. The van der Waals surface area contributed by atoms with Crippen LogP contribution in [0, 0.1) is 0 Å². The first-order valence-electron chi connectivity index (χ1n) is 8.65. The second kappa shape index (κ2) is 6.37. The van der Waals surface area contributed by atoms with E-state index in [4.69, 9.17) is 0 Å². The van der Waals surface area contributed by atoms with Gasteiger partial charge in [0.05, 0.1) is 0 Å². The molecular weight excluding hydrogens is 264 g/mol. The first kappa shape index (κ1) is 16.3. The molecule has 1 atom stereocenters. The summed E-state index contributed by atoms with van der Waals surface area (Å²) in [5, 5.41) is 3.03. The fraction of sp³-hybridized carbons (Fsp3) is 0.882. The number of amides is 2. The van der Waals surface area contributed by atoms with Crippen molar-refractivity contribution in [2.75, 3.05) is 6.54 Å². The molecule has 0 bridgehead atoms. The number of carbonyl (C=O) groups excluding carboxylic acids is 2. The van der Waals surface area contributed by atoms with Crippen molar-refractivity contribution >= 4 is 11.8 Å². The minimum Gasteiger partial charge on any atom is -0.340 e. The lowest BCUT2D eigenvalue weighted by molar-refractivity contribution is -0.162. The number of unbranched alkanes of at least 4 members (excludes halogenated alkanes) is 3. The fourth-order valence-corrected chi connectivity index (χ4v) is 3.74. The minimum atomic E-state index is -0.713. The van der Waals surface area contributed by atoms with Gasteiger partial charge in [-0.15, -0.1) is 0 Å². The number of hydrogen-bond acceptors (Lipinski definition) is 2. The molecule has 1 heterocycles. The zero-order valence-corrected chi connectivity index (χ0v) is 13.8. The molecule has 1 saturated heterocycles. The Labute approximate surface area is 128 Å². The molecule has 1 aliphatic carbocycles. The Hall–Kier alpha value is -1.06. The van der Waals surface area contributed by atoms with Crippen molar-refractivity contribution in [2.45, 2.75) is 89.6 Å². The summed E-state index contributed by atoms with van der Waals surface area (Å²) in [4.78, 5) is 27.6. The van der Waals surface area contributed by atoms with Crippen LogP contribution in [0.15, 0.2) is 0 Å². The standard InChI is InChI=1S/C17H30N2O2/c1-4-6-7-10-13-19-15(21)16(3,5-2)18-14(20)17(19)11-8-9-12-17/h4-13H2,1-3H3,(H,18,20). The van der Waals surface area contributed by atoms with Crippen LogP contribution >= 0.6 is 0 Å². The van der Waals surface area contributed by atoms with E-state index in [2.05, 4.69) is 12.2 Å². The Balaban J connectivity index is 2.19. The van der Waals surface area contributed by atoms with Gasteiger partial charge in [-0.2, -0.15) is 0 Å². The van der Waals surface area contributed by atoms with E-state index in [-0.39, 0.29) is 11.8 Å². The van der Waals surface area contributed by atoms with Gasteiger partial charge in [-0.05, 0) is 32.6 Å². The summed E-state index contributed by atoms with van der Waals surface area (Å²) in [6.45, 7) is 6.77. The second-order valence-corrected chi connectivity index (χ2v) is 6.90. The van der Waals surface area contributed by atoms with Gasteiger partial charge in [0.2, 0.25) is 11.8 Å². The van der Waals surface area contributed by atoms with Crippen molar-refractivity contribution in [3.05, 3.63) is 0 Å². The maximum atomic E-state index is 13.0. The van der Waals surface area contributed by atoms with Crippen LogP contribution in [0.2, 0.25) is 0 Å². The number of carbonyl (C=O) groups is 2. The Morgan fingerprint density at radius 2 is 1.76 bits per heavy atom. The summed E-state index contributed by atoms with van der Waals surface area (Å²) in [6.07, 6.45) is 8.95. The van der Waals surface area contributed by atoms with Gasteiger partial charge in [0.15, 0.2) is 0 Å². The highest BCUT2D eigenvalue weighted by molar-refractivity contribution is 6.02. The average Bonchev–Trinajstić information content (AvgIpc) is 2.95. The molecule has 0 radical (unpaired) electrons. The SMILES string of the molecule is CCCCCCN1C(=O)C(C)(CC)NC(=O)C12CCCC2. The van der Waals surface area contributed by atoms with Gasteiger partial charge in [0.25, 0.3) is 0 Å². The highest BCUT2D eigenvalue weighted by Crippen LogP contribution is 2.40. The van der Waals surface area contributed by atoms with Crippen LogP contribution in [0.4, 0.5) is 0 Å². The van der Waals surface area contributed by atoms with Crippen molar-refractivity contribution in [1.82, 2.24) is 10.2 Å². The summed E-state index contributed by atoms with van der Waals surface area (Å²) < 4.78 is 0. The summed E-state index contributed by atoms with van der Waals surface area (Å²) in [5.41, 5.74) is -1.26. The maximum Gasteiger partial charge on any atom is 0.248 e. The first-order valence-corrected chi connectivity index (χ1v) is 8.65. The number of hydrogen-bond donors (Lipinski definition) is 1. The average molecular weight is 294 g/mol. The van der Waals surface area contributed by atoms with Gasteiger partial charge >= 0.3 is 0 Å². The molecule has 4 heteroatoms. The third-order valence-electron chi connectivity index (χ3n) is 5.42. The molecule has 0 aromatic heterocycles. The zero-order chi connectivity index (χ0) is 15.5. The summed E-state index contributed by atoms with van der Waals surface area (Å²) in [6, 6.07) is 0. The van der Waals surface area contributed by atoms with Crippen molar-refractivity contribution in [3.63, 3.8) is 0 Å². The Bertz CT molecular complexity index is 402. The van der Waals surface area contributed by atoms with Crippen molar-refractivity contribution in [1.29, 1.82) is 0 Å². The van der Waals surface area contributed by atoms with Gasteiger partial charge in [-0.25, -0.2) is 0 Å². The zero-order valence-electron chi connectivity index (χ0n) is 13.8. The Morgan fingerprint density at radius 3 is 2.33 bits per heavy atom. The predicted octanol–water partition coefficient (Wildman–Crippen LogP) is 3.01. The summed E-state index contributed by atoms with van der Waals surface area (Å²) in [5.74, 6) is 0.211. The lowest BCUT2D eigenvalue weighted by Gasteiger charge is -2.50. The Morgan fingerprint density at radius 1 is 1.10 bits per heavy atom. The second-order valence-electron chi connectivity index (χ2n) is 6.90. The third-order valence-corrected chi connectivity index (χ3v) is 5.42. The van der Waals surface area contributed by atoms with E-state index in [1.807, 2.05) is 18.7 Å². The van der Waals surface area contributed by atoms with E-state index in [9.17, 15) is 9.59 Å². The van der Waals surface area contributed by atoms with E-state index in [1.165, 1.54) is 12.8 Å². The van der Waals surface area contributed by atoms with E-state index in [1.54, 1.807) is 0 Å².